The summed E-state index contributed by atoms with van der Waals surface area (Å²) in [5.41, 5.74) is 1.72. The highest BCUT2D eigenvalue weighted by molar-refractivity contribution is 6.03. The molecule has 1 amide bonds. The number of methoxy groups -OCH3 is 1. The minimum Gasteiger partial charge on any atom is -0.486 e. The molecule has 2 aliphatic rings. The van der Waals surface area contributed by atoms with E-state index in [9.17, 15) is 14.4 Å². The maximum atomic E-state index is 12.8. The number of hydrogen-bond donors (Lipinski definition) is 0. The van der Waals surface area contributed by atoms with Crippen molar-refractivity contribution in [2.45, 2.75) is 38.4 Å². The molecule has 0 N–H and O–H groups in total. The monoisotopic (exact) mass is 423 g/mol. The number of ether oxygens (including phenoxy) is 3. The first-order chi connectivity index (χ1) is 14.9. The van der Waals surface area contributed by atoms with Crippen molar-refractivity contribution in [1.29, 1.82) is 0 Å². The maximum Gasteiger partial charge on any atom is 0.410 e. The molecule has 7 nitrogen and oxygen atoms in total. The van der Waals surface area contributed by atoms with Gasteiger partial charge in [0, 0.05) is 31.5 Å². The van der Waals surface area contributed by atoms with Gasteiger partial charge in [0.25, 0.3) is 0 Å². The van der Waals surface area contributed by atoms with Crippen LogP contribution < -0.4 is 4.74 Å². The van der Waals surface area contributed by atoms with Gasteiger partial charge in [-0.15, -0.1) is 0 Å². The van der Waals surface area contributed by atoms with Gasteiger partial charge in [0.2, 0.25) is 0 Å². The van der Waals surface area contributed by atoms with Crippen LogP contribution in [0.3, 0.4) is 0 Å². The lowest BCUT2D eigenvalue weighted by molar-refractivity contribution is -0.0105. The molecule has 2 aromatic carbocycles. The van der Waals surface area contributed by atoms with E-state index in [0.717, 1.165) is 5.56 Å². The third kappa shape index (κ3) is 4.13. The van der Waals surface area contributed by atoms with E-state index >= 15 is 0 Å². The predicted octanol–water partition coefficient (Wildman–Crippen LogP) is 3.92. The van der Waals surface area contributed by atoms with Crippen LogP contribution in [0.4, 0.5) is 4.79 Å². The number of likely N-dealkylation sites (tertiary alicyclic amines) is 1. The first kappa shape index (κ1) is 20.9. The molecule has 0 atom stereocenters. The van der Waals surface area contributed by atoms with Gasteiger partial charge in [-0.25, -0.2) is 9.59 Å². The summed E-state index contributed by atoms with van der Waals surface area (Å²) in [7, 11) is 1.32. The molecule has 2 aromatic rings. The molecular weight excluding hydrogens is 398 g/mol. The Morgan fingerprint density at radius 1 is 1.10 bits per heavy atom. The number of amides is 1. The summed E-state index contributed by atoms with van der Waals surface area (Å²) in [6, 6.07) is 12.7. The number of hydrogen-bond acceptors (Lipinski definition) is 6. The normalized spacial score (nSPS) is 17.0. The molecule has 0 radical (unpaired) electrons. The molecular formula is C24H25NO6. The molecule has 4 rings (SSSR count). The first-order valence-electron chi connectivity index (χ1n) is 10.3. The van der Waals surface area contributed by atoms with E-state index in [4.69, 9.17) is 14.2 Å². The van der Waals surface area contributed by atoms with Gasteiger partial charge in [0.1, 0.15) is 18.0 Å². The van der Waals surface area contributed by atoms with Gasteiger partial charge >= 0.3 is 12.1 Å². The van der Waals surface area contributed by atoms with Crippen LogP contribution in [0.5, 0.6) is 5.75 Å². The Bertz CT molecular complexity index is 1010. The summed E-state index contributed by atoms with van der Waals surface area (Å²) in [5, 5.41) is 0. The van der Waals surface area contributed by atoms with E-state index in [1.807, 2.05) is 30.3 Å². The van der Waals surface area contributed by atoms with Crippen LogP contribution in [0, 0.1) is 6.92 Å². The third-order valence-electron chi connectivity index (χ3n) is 6.05. The highest BCUT2D eigenvalue weighted by Crippen LogP contribution is 2.42. The number of carbonyl (C=O) groups is 3. The summed E-state index contributed by atoms with van der Waals surface area (Å²) in [5.74, 6) is -0.0351. The Balaban J connectivity index is 1.44. The van der Waals surface area contributed by atoms with Gasteiger partial charge in [-0.1, -0.05) is 30.3 Å². The molecule has 2 aliphatic heterocycles. The molecule has 1 spiro atoms. The minimum atomic E-state index is -0.681. The second-order valence-corrected chi connectivity index (χ2v) is 8.02. The number of carbonyl (C=O) groups excluding carboxylic acids is 3. The predicted molar refractivity (Wildman–Crippen MR) is 112 cm³/mol. The van der Waals surface area contributed by atoms with Crippen molar-refractivity contribution in [2.24, 2.45) is 0 Å². The fraction of sp³-hybridized carbons (Fsp3) is 0.375. The summed E-state index contributed by atoms with van der Waals surface area (Å²) < 4.78 is 16.6. The molecule has 1 fully saturated rings. The van der Waals surface area contributed by atoms with Crippen molar-refractivity contribution in [2.75, 3.05) is 20.2 Å². The Kier molecular flexibility index (Phi) is 5.67. The van der Waals surface area contributed by atoms with Gasteiger partial charge in [0.15, 0.2) is 5.78 Å². The van der Waals surface area contributed by atoms with Gasteiger partial charge < -0.3 is 19.1 Å². The SMILES string of the molecule is COC(=O)c1ccc2c(c1C)OC1(CCN(C(=O)OCc3ccccc3)CC1)CC2=O. The van der Waals surface area contributed by atoms with Crippen LogP contribution in [0.25, 0.3) is 0 Å². The highest BCUT2D eigenvalue weighted by atomic mass is 16.6. The van der Waals surface area contributed by atoms with E-state index in [1.54, 1.807) is 24.0 Å². The molecule has 31 heavy (non-hydrogen) atoms. The number of fused-ring (bicyclic) bond motifs is 1. The zero-order valence-electron chi connectivity index (χ0n) is 17.7. The number of esters is 1. The zero-order chi connectivity index (χ0) is 22.0. The fourth-order valence-corrected chi connectivity index (χ4v) is 4.20. The molecule has 0 unspecified atom stereocenters. The topological polar surface area (TPSA) is 82.1 Å². The van der Waals surface area contributed by atoms with Crippen molar-refractivity contribution in [1.82, 2.24) is 4.90 Å². The lowest BCUT2D eigenvalue weighted by Gasteiger charge is -2.44. The van der Waals surface area contributed by atoms with E-state index in [1.165, 1.54) is 7.11 Å². The molecule has 0 saturated carbocycles. The van der Waals surface area contributed by atoms with E-state index in [0.29, 0.717) is 48.4 Å². The van der Waals surface area contributed by atoms with Gasteiger partial charge in [-0.3, -0.25) is 4.79 Å². The second kappa shape index (κ2) is 8.41. The second-order valence-electron chi connectivity index (χ2n) is 8.02. The van der Waals surface area contributed by atoms with Crippen molar-refractivity contribution < 1.29 is 28.6 Å². The molecule has 7 heteroatoms. The standard InChI is InChI=1S/C24H25NO6/c1-16-18(22(27)29-2)8-9-19-20(26)14-24(31-21(16)19)10-12-25(13-11-24)23(28)30-15-17-6-4-3-5-7-17/h3-9H,10-15H2,1-2H3. The number of rotatable bonds is 3. The maximum absolute atomic E-state index is 12.8. The zero-order valence-corrected chi connectivity index (χ0v) is 17.7. The number of piperidine rings is 1. The third-order valence-corrected chi connectivity index (χ3v) is 6.05. The Hall–Kier alpha value is -3.35. The van der Waals surface area contributed by atoms with Crippen molar-refractivity contribution >= 4 is 17.8 Å². The van der Waals surface area contributed by atoms with Crippen LogP contribution in [0.1, 0.15) is 51.1 Å². The largest absolute Gasteiger partial charge is 0.486 e. The average Bonchev–Trinajstić information content (AvgIpc) is 2.79. The molecule has 162 valence electrons. The van der Waals surface area contributed by atoms with Crippen molar-refractivity contribution in [3.63, 3.8) is 0 Å². The molecule has 0 aliphatic carbocycles. The molecule has 0 aromatic heterocycles. The number of Topliss-reactive ketones (excluding diaryl/α,β-unsaturated/α-hetero) is 1. The Morgan fingerprint density at radius 2 is 1.81 bits per heavy atom. The average molecular weight is 423 g/mol. The summed E-state index contributed by atoms with van der Waals surface area (Å²) >= 11 is 0. The highest BCUT2D eigenvalue weighted by Gasteiger charge is 2.44. The molecule has 2 heterocycles. The van der Waals surface area contributed by atoms with Gasteiger partial charge in [-0.05, 0) is 24.6 Å². The fourth-order valence-electron chi connectivity index (χ4n) is 4.20. The van der Waals surface area contributed by atoms with E-state index < -0.39 is 11.6 Å². The van der Waals surface area contributed by atoms with Crippen LogP contribution >= 0.6 is 0 Å². The van der Waals surface area contributed by atoms with Crippen LogP contribution in [0.2, 0.25) is 0 Å². The summed E-state index contributed by atoms with van der Waals surface area (Å²) in [4.78, 5) is 39.0. The smallest absolute Gasteiger partial charge is 0.410 e. The summed E-state index contributed by atoms with van der Waals surface area (Å²) in [6.45, 7) is 2.85. The summed E-state index contributed by atoms with van der Waals surface area (Å²) in [6.07, 6.45) is 0.913. The number of benzene rings is 2. The minimum absolute atomic E-state index is 0.0131. The van der Waals surface area contributed by atoms with Crippen LogP contribution in [0.15, 0.2) is 42.5 Å². The Labute approximate surface area is 180 Å². The van der Waals surface area contributed by atoms with E-state index in [2.05, 4.69) is 0 Å². The van der Waals surface area contributed by atoms with Crippen molar-refractivity contribution in [3.8, 4) is 5.75 Å². The van der Waals surface area contributed by atoms with Gasteiger partial charge in [0.05, 0.1) is 24.7 Å². The molecule has 0 bridgehead atoms. The van der Waals surface area contributed by atoms with Crippen LogP contribution in [-0.4, -0.2) is 48.5 Å². The van der Waals surface area contributed by atoms with Crippen molar-refractivity contribution in [3.05, 3.63) is 64.7 Å². The lowest BCUT2D eigenvalue weighted by Crippen LogP contribution is -2.52. The quantitative estimate of drug-likeness (QED) is 0.696. The lowest BCUT2D eigenvalue weighted by atomic mass is 9.81. The van der Waals surface area contributed by atoms with E-state index in [-0.39, 0.29) is 24.9 Å². The molecule has 1 saturated heterocycles. The number of ketones is 1. The van der Waals surface area contributed by atoms with Crippen LogP contribution in [-0.2, 0) is 16.1 Å². The number of nitrogens with zero attached hydrogens (tertiary/aromatic N) is 1. The first-order valence-corrected chi connectivity index (χ1v) is 10.3. The van der Waals surface area contributed by atoms with Gasteiger partial charge in [-0.2, -0.15) is 0 Å². The Morgan fingerprint density at radius 3 is 2.48 bits per heavy atom.